The molecule has 0 saturated heterocycles. The number of aryl methyl sites for hydroxylation is 2. The Bertz CT molecular complexity index is 1470. The lowest BCUT2D eigenvalue weighted by atomic mass is 9.88. The predicted molar refractivity (Wildman–Crippen MR) is 148 cm³/mol. The number of benzene rings is 2. The van der Waals surface area contributed by atoms with E-state index in [1.54, 1.807) is 12.1 Å². The van der Waals surface area contributed by atoms with Gasteiger partial charge in [0, 0.05) is 36.3 Å². The number of nitrogens with zero attached hydrogens (tertiary/aromatic N) is 4. The van der Waals surface area contributed by atoms with E-state index >= 15 is 0 Å². The fourth-order valence-corrected chi connectivity index (χ4v) is 5.71. The van der Waals surface area contributed by atoms with Crippen molar-refractivity contribution in [1.29, 1.82) is 0 Å². The maximum absolute atomic E-state index is 14.6. The van der Waals surface area contributed by atoms with Gasteiger partial charge in [-0.25, -0.2) is 13.9 Å². The van der Waals surface area contributed by atoms with E-state index in [1.807, 2.05) is 11.6 Å². The van der Waals surface area contributed by atoms with Crippen molar-refractivity contribution in [3.63, 3.8) is 0 Å². The second-order valence-electron chi connectivity index (χ2n) is 10.5. The average Bonchev–Trinajstić information content (AvgIpc) is 3.19. The van der Waals surface area contributed by atoms with Crippen molar-refractivity contribution >= 4 is 28.8 Å². The number of anilines is 1. The first-order chi connectivity index (χ1) is 19.5. The molecule has 3 aliphatic rings. The standard InChI is InChI=1S/C27H29ClFN5.C2HF3O2/c1-17-27-22-7-5-19(18-9-12-33(13-10-18)21-3-2-4-21)15-23(22)25(11-14-34(27)32-31-17)30-26-16-20(28)6-8-24(26)29;3-2(4,5)1(6)7/h5-9,15-16,21,25,30H,2-4,10-14H2,1H3;(H,6,7). The molecule has 1 aliphatic carbocycles. The van der Waals surface area contributed by atoms with Gasteiger partial charge in [0.1, 0.15) is 5.82 Å². The number of hydrogen-bond acceptors (Lipinski definition) is 5. The fraction of sp³-hybridized carbons (Fsp3) is 0.414. The highest BCUT2D eigenvalue weighted by Gasteiger charge is 2.38. The quantitative estimate of drug-likeness (QED) is 0.322. The van der Waals surface area contributed by atoms with Gasteiger partial charge in [-0.1, -0.05) is 41.4 Å². The van der Waals surface area contributed by atoms with Crippen molar-refractivity contribution in [3.8, 4) is 11.3 Å². The molecule has 2 aliphatic heterocycles. The summed E-state index contributed by atoms with van der Waals surface area (Å²) >= 11 is 6.18. The normalized spacial score (nSPS) is 19.1. The second-order valence-corrected chi connectivity index (χ2v) is 11.0. The Balaban J connectivity index is 0.000000431. The Morgan fingerprint density at radius 1 is 1.12 bits per heavy atom. The maximum Gasteiger partial charge on any atom is 0.490 e. The van der Waals surface area contributed by atoms with Crippen LogP contribution >= 0.6 is 11.6 Å². The van der Waals surface area contributed by atoms with Gasteiger partial charge in [-0.15, -0.1) is 5.10 Å². The van der Waals surface area contributed by atoms with Gasteiger partial charge in [0.15, 0.2) is 0 Å². The summed E-state index contributed by atoms with van der Waals surface area (Å²) in [6.07, 6.45) is 3.21. The van der Waals surface area contributed by atoms with Crippen LogP contribution in [-0.4, -0.2) is 56.3 Å². The number of hydrogen-bond donors (Lipinski definition) is 2. The van der Waals surface area contributed by atoms with Crippen LogP contribution in [0.15, 0.2) is 42.5 Å². The van der Waals surface area contributed by atoms with Gasteiger partial charge in [0.05, 0.1) is 23.1 Å². The van der Waals surface area contributed by atoms with E-state index in [1.165, 1.54) is 36.5 Å². The minimum atomic E-state index is -5.08. The molecule has 6 rings (SSSR count). The molecule has 1 aromatic heterocycles. The van der Waals surface area contributed by atoms with Crippen LogP contribution in [0, 0.1) is 12.7 Å². The summed E-state index contributed by atoms with van der Waals surface area (Å²) in [4.78, 5) is 11.5. The smallest absolute Gasteiger partial charge is 0.475 e. The molecule has 12 heteroatoms. The minimum absolute atomic E-state index is 0.0697. The Hall–Kier alpha value is -3.44. The molecular weight excluding hydrogens is 562 g/mol. The lowest BCUT2D eigenvalue weighted by Gasteiger charge is -2.39. The number of aromatic nitrogens is 3. The Morgan fingerprint density at radius 3 is 2.51 bits per heavy atom. The van der Waals surface area contributed by atoms with Gasteiger partial charge in [0.25, 0.3) is 0 Å². The van der Waals surface area contributed by atoms with Gasteiger partial charge >= 0.3 is 12.1 Å². The van der Waals surface area contributed by atoms with Crippen LogP contribution in [0.4, 0.5) is 23.2 Å². The van der Waals surface area contributed by atoms with Gasteiger partial charge < -0.3 is 10.4 Å². The third-order valence-electron chi connectivity index (χ3n) is 7.92. The molecular formula is C29H30ClF4N5O2. The highest BCUT2D eigenvalue weighted by atomic mass is 35.5. The summed E-state index contributed by atoms with van der Waals surface area (Å²) in [7, 11) is 0. The number of rotatable bonds is 4. The van der Waals surface area contributed by atoms with Gasteiger partial charge in [-0.2, -0.15) is 13.2 Å². The molecule has 41 heavy (non-hydrogen) atoms. The third kappa shape index (κ3) is 6.41. The summed E-state index contributed by atoms with van der Waals surface area (Å²) in [5.74, 6) is -3.06. The van der Waals surface area contributed by atoms with E-state index in [4.69, 9.17) is 21.5 Å². The predicted octanol–water partition coefficient (Wildman–Crippen LogP) is 6.88. The third-order valence-corrected chi connectivity index (χ3v) is 8.15. The zero-order valence-corrected chi connectivity index (χ0v) is 23.1. The van der Waals surface area contributed by atoms with Crippen LogP contribution in [0.5, 0.6) is 0 Å². The van der Waals surface area contributed by atoms with Crippen molar-refractivity contribution < 1.29 is 27.5 Å². The summed E-state index contributed by atoms with van der Waals surface area (Å²) in [5.41, 5.74) is 7.31. The number of carbonyl (C=O) groups is 1. The molecule has 1 atom stereocenters. The minimum Gasteiger partial charge on any atom is -0.475 e. The fourth-order valence-electron chi connectivity index (χ4n) is 5.54. The molecule has 3 heterocycles. The lowest BCUT2D eigenvalue weighted by molar-refractivity contribution is -0.192. The van der Waals surface area contributed by atoms with E-state index in [9.17, 15) is 17.6 Å². The highest BCUT2D eigenvalue weighted by molar-refractivity contribution is 6.30. The summed E-state index contributed by atoms with van der Waals surface area (Å²) in [6.45, 7) is 4.86. The van der Waals surface area contributed by atoms with Crippen molar-refractivity contribution in [1.82, 2.24) is 19.9 Å². The molecule has 1 saturated carbocycles. The van der Waals surface area contributed by atoms with Crippen LogP contribution in [0.25, 0.3) is 16.8 Å². The first-order valence-electron chi connectivity index (χ1n) is 13.5. The maximum atomic E-state index is 14.6. The van der Waals surface area contributed by atoms with Gasteiger partial charge in [-0.3, -0.25) is 4.90 Å². The van der Waals surface area contributed by atoms with E-state index in [2.05, 4.69) is 44.8 Å². The van der Waals surface area contributed by atoms with Crippen LogP contribution in [0.2, 0.25) is 5.02 Å². The summed E-state index contributed by atoms with van der Waals surface area (Å²) in [6, 6.07) is 12.1. The van der Waals surface area contributed by atoms with E-state index in [-0.39, 0.29) is 11.9 Å². The largest absolute Gasteiger partial charge is 0.490 e. The molecule has 0 bridgehead atoms. The second kappa shape index (κ2) is 11.8. The Morgan fingerprint density at radius 2 is 1.88 bits per heavy atom. The molecule has 2 N–H and O–H groups in total. The number of alkyl halides is 3. The lowest BCUT2D eigenvalue weighted by Crippen LogP contribution is -2.42. The Labute approximate surface area is 239 Å². The molecule has 0 spiro atoms. The zero-order valence-electron chi connectivity index (χ0n) is 22.4. The summed E-state index contributed by atoms with van der Waals surface area (Å²) in [5, 5.41) is 19.8. The number of nitrogens with one attached hydrogen (secondary N) is 1. The summed E-state index contributed by atoms with van der Waals surface area (Å²) < 4.78 is 48.3. The van der Waals surface area contributed by atoms with E-state index in [0.717, 1.165) is 54.5 Å². The first kappa shape index (κ1) is 29.1. The molecule has 218 valence electrons. The number of fused-ring (bicyclic) bond motifs is 3. The molecule has 1 unspecified atom stereocenters. The SMILES string of the molecule is Cc1nnn2c1-c1ccc(C3=CCN(C4CCC4)CC3)cc1C(Nc1cc(Cl)ccc1F)CC2.O=C(O)C(F)(F)F. The van der Waals surface area contributed by atoms with E-state index < -0.39 is 12.1 Å². The number of carboxylic acid groups (broad SMARTS) is 1. The number of halogens is 5. The highest BCUT2D eigenvalue weighted by Crippen LogP contribution is 2.40. The Kier molecular flexibility index (Phi) is 8.37. The van der Waals surface area contributed by atoms with Crippen LogP contribution in [0.3, 0.4) is 0 Å². The average molecular weight is 592 g/mol. The monoisotopic (exact) mass is 591 g/mol. The zero-order chi connectivity index (χ0) is 29.3. The van der Waals surface area contributed by atoms with Crippen molar-refractivity contribution in [3.05, 3.63) is 70.1 Å². The van der Waals surface area contributed by atoms with Gasteiger partial charge in [-0.05, 0) is 73.6 Å². The van der Waals surface area contributed by atoms with E-state index in [0.29, 0.717) is 17.3 Å². The molecule has 3 aromatic rings. The topological polar surface area (TPSA) is 83.3 Å². The van der Waals surface area contributed by atoms with Crippen LogP contribution < -0.4 is 5.32 Å². The van der Waals surface area contributed by atoms with Gasteiger partial charge in [0.2, 0.25) is 0 Å². The van der Waals surface area contributed by atoms with Crippen molar-refractivity contribution in [2.75, 3.05) is 18.4 Å². The van der Waals surface area contributed by atoms with Crippen LogP contribution in [-0.2, 0) is 11.3 Å². The van der Waals surface area contributed by atoms with Crippen molar-refractivity contribution in [2.45, 2.75) is 63.8 Å². The van der Waals surface area contributed by atoms with Crippen LogP contribution in [0.1, 0.15) is 55.0 Å². The molecule has 7 nitrogen and oxygen atoms in total. The molecule has 1 fully saturated rings. The molecule has 2 aromatic carbocycles. The number of aliphatic carboxylic acids is 1. The molecule has 0 radical (unpaired) electrons. The first-order valence-corrected chi connectivity index (χ1v) is 13.9. The van der Waals surface area contributed by atoms with Crippen molar-refractivity contribution in [2.24, 2.45) is 0 Å². The number of carboxylic acids is 1. The molecule has 0 amide bonds.